The van der Waals surface area contributed by atoms with Crippen LogP contribution >= 0.6 is 12.4 Å². The molecule has 7 heteroatoms. The number of hydrogen-bond acceptors (Lipinski definition) is 4. The molecule has 1 fully saturated rings. The van der Waals surface area contributed by atoms with Crippen LogP contribution in [0.25, 0.3) is 11.4 Å². The molecule has 1 aliphatic rings. The van der Waals surface area contributed by atoms with E-state index >= 15 is 0 Å². The van der Waals surface area contributed by atoms with Crippen molar-refractivity contribution < 1.29 is 4.79 Å². The number of aromatic nitrogens is 3. The molecule has 0 aliphatic carbocycles. The number of amides is 1. The van der Waals surface area contributed by atoms with Crippen LogP contribution in [0.1, 0.15) is 33.1 Å². The average Bonchev–Trinajstić information content (AvgIpc) is 3.11. The molecule has 3 rings (SSSR count). The number of benzene rings is 1. The smallest absolute Gasteiger partial charge is 0.224 e. The Morgan fingerprint density at radius 1 is 1.35 bits per heavy atom. The summed E-state index contributed by atoms with van der Waals surface area (Å²) in [6.07, 6.45) is 4.59. The molecule has 2 heterocycles. The van der Waals surface area contributed by atoms with Crippen LogP contribution in [-0.4, -0.2) is 33.8 Å². The maximum atomic E-state index is 12.6. The summed E-state index contributed by atoms with van der Waals surface area (Å²) in [7, 11) is 0. The number of para-hydroxylation sites is 1. The second-order valence-corrected chi connectivity index (χ2v) is 6.80. The average molecular weight is 378 g/mol. The van der Waals surface area contributed by atoms with Crippen molar-refractivity contribution in [3.8, 4) is 11.4 Å². The lowest BCUT2D eigenvalue weighted by Crippen LogP contribution is -2.32. The van der Waals surface area contributed by atoms with Gasteiger partial charge >= 0.3 is 0 Å². The van der Waals surface area contributed by atoms with Gasteiger partial charge in [-0.15, -0.1) is 22.6 Å². The van der Waals surface area contributed by atoms with Crippen LogP contribution in [0.5, 0.6) is 0 Å². The molecule has 1 saturated heterocycles. The number of hydrogen-bond donors (Lipinski definition) is 2. The van der Waals surface area contributed by atoms with E-state index in [0.717, 1.165) is 49.6 Å². The monoisotopic (exact) mass is 377 g/mol. The number of nitrogens with zero attached hydrogens (tertiary/aromatic N) is 3. The number of nitrogens with one attached hydrogen (secondary N) is 2. The summed E-state index contributed by atoms with van der Waals surface area (Å²) in [5, 5.41) is 14.7. The molecule has 142 valence electrons. The molecule has 1 amide bonds. The summed E-state index contributed by atoms with van der Waals surface area (Å²) in [5.74, 6) is 1.88. The normalized spacial score (nSPS) is 15.9. The molecule has 0 spiro atoms. The van der Waals surface area contributed by atoms with E-state index in [4.69, 9.17) is 0 Å². The zero-order valence-corrected chi connectivity index (χ0v) is 16.3. The molecule has 6 nitrogen and oxygen atoms in total. The predicted octanol–water partition coefficient (Wildman–Crippen LogP) is 3.35. The van der Waals surface area contributed by atoms with Crippen molar-refractivity contribution in [3.05, 3.63) is 30.6 Å². The van der Waals surface area contributed by atoms with E-state index in [0.29, 0.717) is 18.3 Å². The van der Waals surface area contributed by atoms with Crippen LogP contribution in [0.15, 0.2) is 30.6 Å². The first-order valence-electron chi connectivity index (χ1n) is 9.16. The number of aryl methyl sites for hydroxylation is 1. The molecule has 1 aromatic heterocycles. The van der Waals surface area contributed by atoms with Crippen LogP contribution in [0.2, 0.25) is 0 Å². The van der Waals surface area contributed by atoms with Gasteiger partial charge in [-0.05, 0) is 56.8 Å². The summed E-state index contributed by atoms with van der Waals surface area (Å²) in [6, 6.07) is 7.79. The highest BCUT2D eigenvalue weighted by molar-refractivity contribution is 5.94. The fourth-order valence-corrected chi connectivity index (χ4v) is 3.56. The third-order valence-electron chi connectivity index (χ3n) is 5.09. The minimum atomic E-state index is 0. The summed E-state index contributed by atoms with van der Waals surface area (Å²) in [5.41, 5.74) is 1.71. The Morgan fingerprint density at radius 3 is 2.81 bits per heavy atom. The maximum absolute atomic E-state index is 12.6. The van der Waals surface area contributed by atoms with Crippen LogP contribution in [-0.2, 0) is 11.3 Å². The SMILES string of the molecule is CCn1cnnc1-c1ccccc1NC(=O)CC(C)C1CCNCC1.Cl. The van der Waals surface area contributed by atoms with Gasteiger partial charge in [-0.2, -0.15) is 0 Å². The van der Waals surface area contributed by atoms with Crippen LogP contribution < -0.4 is 10.6 Å². The lowest BCUT2D eigenvalue weighted by atomic mass is 9.84. The lowest BCUT2D eigenvalue weighted by Gasteiger charge is -2.28. The quantitative estimate of drug-likeness (QED) is 0.809. The molecule has 1 unspecified atom stereocenters. The zero-order valence-electron chi connectivity index (χ0n) is 15.4. The van der Waals surface area contributed by atoms with Gasteiger partial charge in [0.1, 0.15) is 6.33 Å². The summed E-state index contributed by atoms with van der Waals surface area (Å²) < 4.78 is 1.97. The molecule has 1 atom stereocenters. The fourth-order valence-electron chi connectivity index (χ4n) is 3.56. The van der Waals surface area contributed by atoms with Gasteiger partial charge in [0, 0.05) is 18.5 Å². The fraction of sp³-hybridized carbons (Fsp3) is 0.526. The first-order valence-corrected chi connectivity index (χ1v) is 9.16. The molecule has 0 radical (unpaired) electrons. The predicted molar refractivity (Wildman–Crippen MR) is 106 cm³/mol. The molecule has 2 N–H and O–H groups in total. The van der Waals surface area contributed by atoms with Crippen molar-refractivity contribution >= 4 is 24.0 Å². The number of piperidine rings is 1. The molecule has 26 heavy (non-hydrogen) atoms. The second-order valence-electron chi connectivity index (χ2n) is 6.80. The number of halogens is 1. The summed E-state index contributed by atoms with van der Waals surface area (Å²) in [4.78, 5) is 12.6. The first-order chi connectivity index (χ1) is 12.2. The van der Waals surface area contributed by atoms with Crippen molar-refractivity contribution in [2.45, 2.75) is 39.7 Å². The molecule has 1 aliphatic heterocycles. The van der Waals surface area contributed by atoms with Gasteiger partial charge in [0.15, 0.2) is 5.82 Å². The largest absolute Gasteiger partial charge is 0.325 e. The van der Waals surface area contributed by atoms with E-state index in [1.807, 2.05) is 28.8 Å². The van der Waals surface area contributed by atoms with E-state index in [9.17, 15) is 4.79 Å². The van der Waals surface area contributed by atoms with Crippen molar-refractivity contribution in [2.24, 2.45) is 11.8 Å². The first kappa shape index (κ1) is 20.4. The highest BCUT2D eigenvalue weighted by Gasteiger charge is 2.22. The van der Waals surface area contributed by atoms with Gasteiger partial charge in [-0.25, -0.2) is 0 Å². The Hall–Kier alpha value is -1.92. The van der Waals surface area contributed by atoms with Gasteiger partial charge < -0.3 is 15.2 Å². The van der Waals surface area contributed by atoms with Crippen molar-refractivity contribution in [1.29, 1.82) is 0 Å². The number of anilines is 1. The highest BCUT2D eigenvalue weighted by Crippen LogP contribution is 2.28. The lowest BCUT2D eigenvalue weighted by molar-refractivity contribution is -0.117. The van der Waals surface area contributed by atoms with E-state index < -0.39 is 0 Å². The highest BCUT2D eigenvalue weighted by atomic mass is 35.5. The third kappa shape index (κ3) is 4.83. The molecular weight excluding hydrogens is 350 g/mol. The zero-order chi connectivity index (χ0) is 17.6. The number of rotatable bonds is 6. The van der Waals surface area contributed by atoms with Gasteiger partial charge in [0.05, 0.1) is 5.69 Å². The Labute approximate surface area is 161 Å². The summed E-state index contributed by atoms with van der Waals surface area (Å²) >= 11 is 0. The Bertz CT molecular complexity index is 711. The topological polar surface area (TPSA) is 71.8 Å². The molecular formula is C19H28ClN5O. The van der Waals surface area contributed by atoms with Crippen LogP contribution in [0.3, 0.4) is 0 Å². The van der Waals surface area contributed by atoms with E-state index in [2.05, 4.69) is 34.7 Å². The molecule has 0 saturated carbocycles. The van der Waals surface area contributed by atoms with Crippen molar-refractivity contribution in [1.82, 2.24) is 20.1 Å². The Morgan fingerprint density at radius 2 is 2.08 bits per heavy atom. The molecule has 1 aromatic carbocycles. The number of carbonyl (C=O) groups is 1. The second kappa shape index (κ2) is 9.69. The Balaban J connectivity index is 0.00000243. The van der Waals surface area contributed by atoms with Gasteiger partial charge in [-0.3, -0.25) is 4.79 Å². The van der Waals surface area contributed by atoms with Crippen LogP contribution in [0, 0.1) is 11.8 Å². The van der Waals surface area contributed by atoms with Crippen molar-refractivity contribution in [2.75, 3.05) is 18.4 Å². The van der Waals surface area contributed by atoms with E-state index in [1.54, 1.807) is 6.33 Å². The standard InChI is InChI=1S/C19H27N5O.ClH/c1-3-24-13-21-23-19(24)16-6-4-5-7-17(16)22-18(25)12-14(2)15-8-10-20-11-9-15;/h4-7,13-15,20H,3,8-12H2,1-2H3,(H,22,25);1H. The van der Waals surface area contributed by atoms with E-state index in [1.165, 1.54) is 0 Å². The molecule has 2 aromatic rings. The van der Waals surface area contributed by atoms with Gasteiger partial charge in [0.2, 0.25) is 5.91 Å². The number of carbonyl (C=O) groups excluding carboxylic acids is 1. The molecule has 0 bridgehead atoms. The van der Waals surface area contributed by atoms with Gasteiger partial charge in [0.25, 0.3) is 0 Å². The maximum Gasteiger partial charge on any atom is 0.224 e. The minimum absolute atomic E-state index is 0. The summed E-state index contributed by atoms with van der Waals surface area (Å²) in [6.45, 7) is 7.15. The van der Waals surface area contributed by atoms with Crippen molar-refractivity contribution in [3.63, 3.8) is 0 Å². The van der Waals surface area contributed by atoms with Gasteiger partial charge in [-0.1, -0.05) is 19.1 Å². The minimum Gasteiger partial charge on any atom is -0.325 e. The Kier molecular flexibility index (Phi) is 7.60. The third-order valence-corrected chi connectivity index (χ3v) is 5.09. The van der Waals surface area contributed by atoms with Crippen LogP contribution in [0.4, 0.5) is 5.69 Å². The van der Waals surface area contributed by atoms with E-state index in [-0.39, 0.29) is 18.3 Å².